The molecule has 160 valence electrons. The van der Waals surface area contributed by atoms with Crippen molar-refractivity contribution >= 4 is 0 Å². The number of rotatable bonds is 4. The van der Waals surface area contributed by atoms with Crippen molar-refractivity contribution in [3.05, 3.63) is 47.6 Å². The third kappa shape index (κ3) is 3.42. The van der Waals surface area contributed by atoms with E-state index in [9.17, 15) is 5.11 Å². The minimum Gasteiger partial charge on any atom is -0.389 e. The molecule has 0 aromatic rings. The molecule has 1 N–H and O–H groups in total. The molecule has 0 saturated heterocycles. The molecular weight excluding hydrogens is 352 g/mol. The number of fused-ring (bicyclic) bond motifs is 5. The zero-order chi connectivity index (χ0) is 21.0. The van der Waals surface area contributed by atoms with Gasteiger partial charge in [-0.3, -0.25) is 0 Å². The lowest BCUT2D eigenvalue weighted by Crippen LogP contribution is -2.45. The van der Waals surface area contributed by atoms with E-state index in [1.807, 2.05) is 6.08 Å². The highest BCUT2D eigenvalue weighted by Crippen LogP contribution is 2.65. The van der Waals surface area contributed by atoms with Crippen molar-refractivity contribution in [3.63, 3.8) is 0 Å². The minimum atomic E-state index is -0.296. The first-order valence-electron chi connectivity index (χ1n) is 12.1. The fraction of sp³-hybridized carbons (Fsp3) is 0.714. The molecule has 0 bridgehead atoms. The molecule has 0 amide bonds. The van der Waals surface area contributed by atoms with Crippen molar-refractivity contribution < 1.29 is 5.11 Å². The summed E-state index contributed by atoms with van der Waals surface area (Å²) in [6, 6.07) is 0. The molecule has 29 heavy (non-hydrogen) atoms. The lowest BCUT2D eigenvalue weighted by Gasteiger charge is -2.53. The van der Waals surface area contributed by atoms with Crippen LogP contribution in [0.25, 0.3) is 0 Å². The van der Waals surface area contributed by atoms with Gasteiger partial charge < -0.3 is 5.11 Å². The summed E-state index contributed by atoms with van der Waals surface area (Å²) in [5.74, 6) is 4.22. The molecule has 0 heterocycles. The van der Waals surface area contributed by atoms with Gasteiger partial charge in [-0.2, -0.15) is 0 Å². The van der Waals surface area contributed by atoms with Gasteiger partial charge in [-0.15, -0.1) is 0 Å². The maximum atomic E-state index is 10.1. The lowest BCUT2D eigenvalue weighted by atomic mass is 9.51. The summed E-state index contributed by atoms with van der Waals surface area (Å²) in [5, 5.41) is 10.1. The number of hydrogen-bond donors (Lipinski definition) is 1. The Morgan fingerprint density at radius 1 is 1.00 bits per heavy atom. The molecule has 2 saturated carbocycles. The second-order valence-electron chi connectivity index (χ2n) is 11.5. The predicted octanol–water partition coefficient (Wildman–Crippen LogP) is 7.11. The zero-order valence-corrected chi connectivity index (χ0v) is 19.5. The van der Waals surface area contributed by atoms with Crippen LogP contribution in [-0.2, 0) is 0 Å². The predicted molar refractivity (Wildman–Crippen MR) is 123 cm³/mol. The second-order valence-corrected chi connectivity index (χ2v) is 11.5. The van der Waals surface area contributed by atoms with Crippen LogP contribution < -0.4 is 0 Å². The van der Waals surface area contributed by atoms with Crippen LogP contribution in [0.1, 0.15) is 73.6 Å². The highest BCUT2D eigenvalue weighted by Gasteiger charge is 2.56. The molecule has 0 aromatic heterocycles. The molecule has 4 aliphatic carbocycles. The van der Waals surface area contributed by atoms with Crippen molar-refractivity contribution in [3.8, 4) is 0 Å². The summed E-state index contributed by atoms with van der Waals surface area (Å²) in [4.78, 5) is 0. The molecule has 4 rings (SSSR count). The smallest absolute Gasteiger partial charge is 0.0758 e. The Bertz CT molecular complexity index is 752. The minimum absolute atomic E-state index is 0.126. The van der Waals surface area contributed by atoms with Gasteiger partial charge in [0.2, 0.25) is 0 Å². The highest BCUT2D eigenvalue weighted by molar-refractivity contribution is 5.42. The Kier molecular flexibility index (Phi) is 5.52. The quantitative estimate of drug-likeness (QED) is 0.504. The van der Waals surface area contributed by atoms with E-state index in [2.05, 4.69) is 71.9 Å². The summed E-state index contributed by atoms with van der Waals surface area (Å²) in [5.41, 5.74) is 3.73. The molecule has 1 nitrogen and oxygen atoms in total. The monoisotopic (exact) mass is 394 g/mol. The Balaban J connectivity index is 1.58. The molecule has 0 unspecified atom stereocenters. The number of hydrogen-bond acceptors (Lipinski definition) is 1. The van der Waals surface area contributed by atoms with E-state index >= 15 is 0 Å². The van der Waals surface area contributed by atoms with Crippen LogP contribution in [0.3, 0.4) is 0 Å². The van der Waals surface area contributed by atoms with Gasteiger partial charge in [-0.25, -0.2) is 0 Å². The Labute approximate surface area is 179 Å². The van der Waals surface area contributed by atoms with Crippen molar-refractivity contribution in [1.82, 2.24) is 0 Å². The van der Waals surface area contributed by atoms with E-state index in [0.717, 1.165) is 24.2 Å². The van der Waals surface area contributed by atoms with Crippen LogP contribution in [0, 0.1) is 46.3 Å². The van der Waals surface area contributed by atoms with Crippen LogP contribution >= 0.6 is 0 Å². The maximum Gasteiger partial charge on any atom is 0.0758 e. The first-order valence-corrected chi connectivity index (χ1v) is 12.1. The van der Waals surface area contributed by atoms with Crippen molar-refractivity contribution in [1.29, 1.82) is 0 Å². The van der Waals surface area contributed by atoms with E-state index in [0.29, 0.717) is 23.2 Å². The number of allylic oxidation sites excluding steroid dienone is 6. The number of aliphatic hydroxyl groups is 1. The molecule has 0 aliphatic heterocycles. The number of aliphatic hydroxyl groups excluding tert-OH is 1. The van der Waals surface area contributed by atoms with Crippen molar-refractivity contribution in [2.45, 2.75) is 79.8 Å². The largest absolute Gasteiger partial charge is 0.389 e. The summed E-state index contributed by atoms with van der Waals surface area (Å²) < 4.78 is 0. The van der Waals surface area contributed by atoms with Gasteiger partial charge in [0.25, 0.3) is 0 Å². The van der Waals surface area contributed by atoms with Gasteiger partial charge in [0.15, 0.2) is 0 Å². The third-order valence-corrected chi connectivity index (χ3v) is 9.58. The van der Waals surface area contributed by atoms with E-state index in [1.54, 1.807) is 5.57 Å². The van der Waals surface area contributed by atoms with Crippen molar-refractivity contribution in [2.75, 3.05) is 0 Å². The van der Waals surface area contributed by atoms with Crippen LogP contribution in [0.5, 0.6) is 0 Å². The van der Waals surface area contributed by atoms with Crippen LogP contribution in [0.2, 0.25) is 0 Å². The standard InChI is InChI=1S/C28H42O/c1-18(2)19(3)7-8-20(4)24-11-12-25-23-10-9-21-17-22(29)13-15-27(21,5)26(23)14-16-28(24,25)6/h7-10,13,15,18-20,22,24-26,29H,11-12,14,16-17H2,1-6H3/b8-7+/t19-,20+,22-,24+,25-,26-,27-,28+/m0/s1. The Hall–Kier alpha value is -1.08. The van der Waals surface area contributed by atoms with E-state index in [4.69, 9.17) is 0 Å². The van der Waals surface area contributed by atoms with Crippen LogP contribution in [0.4, 0.5) is 0 Å². The molecular formula is C28H42O. The summed E-state index contributed by atoms with van der Waals surface area (Å²) in [6.45, 7) is 14.5. The average Bonchev–Trinajstić information content (AvgIpc) is 3.03. The first kappa shape index (κ1) is 21.2. The average molecular weight is 395 g/mol. The third-order valence-electron chi connectivity index (χ3n) is 9.58. The summed E-state index contributed by atoms with van der Waals surface area (Å²) in [6.07, 6.45) is 20.1. The topological polar surface area (TPSA) is 20.2 Å². The van der Waals surface area contributed by atoms with Gasteiger partial charge >= 0.3 is 0 Å². The van der Waals surface area contributed by atoms with Gasteiger partial charge in [-0.05, 0) is 73.0 Å². The SMILES string of the molecule is CC(C)[C@@H](C)/C=C/[C@@H](C)[C@H]1CC[C@H]2C3=CC=C4C[C@@H](O)C=C[C@]4(C)[C@H]3CC[C@]12C. The lowest BCUT2D eigenvalue weighted by molar-refractivity contribution is 0.0713. The second kappa shape index (κ2) is 7.56. The highest BCUT2D eigenvalue weighted by atomic mass is 16.3. The fourth-order valence-electron chi connectivity index (χ4n) is 7.20. The van der Waals surface area contributed by atoms with Crippen molar-refractivity contribution in [2.24, 2.45) is 46.3 Å². The Morgan fingerprint density at radius 3 is 2.48 bits per heavy atom. The molecule has 0 aromatic carbocycles. The molecule has 8 atom stereocenters. The van der Waals surface area contributed by atoms with Crippen LogP contribution in [-0.4, -0.2) is 11.2 Å². The van der Waals surface area contributed by atoms with Gasteiger partial charge in [0.05, 0.1) is 6.10 Å². The van der Waals surface area contributed by atoms with Gasteiger partial charge in [0, 0.05) is 5.41 Å². The molecule has 2 fully saturated rings. The van der Waals surface area contributed by atoms with Crippen LogP contribution in [0.15, 0.2) is 47.6 Å². The maximum absolute atomic E-state index is 10.1. The molecule has 4 aliphatic rings. The van der Waals surface area contributed by atoms with E-state index in [1.165, 1.54) is 31.3 Å². The first-order chi connectivity index (χ1) is 13.7. The Morgan fingerprint density at radius 2 is 1.76 bits per heavy atom. The van der Waals surface area contributed by atoms with E-state index < -0.39 is 0 Å². The molecule has 0 radical (unpaired) electrons. The fourth-order valence-corrected chi connectivity index (χ4v) is 7.20. The molecule has 1 heteroatoms. The van der Waals surface area contributed by atoms with Gasteiger partial charge in [0.1, 0.15) is 0 Å². The zero-order valence-electron chi connectivity index (χ0n) is 19.5. The molecule has 0 spiro atoms. The van der Waals surface area contributed by atoms with Gasteiger partial charge in [-0.1, -0.05) is 89.1 Å². The summed E-state index contributed by atoms with van der Waals surface area (Å²) >= 11 is 0. The normalized spacial score (nSPS) is 43.4. The summed E-state index contributed by atoms with van der Waals surface area (Å²) in [7, 11) is 0. The van der Waals surface area contributed by atoms with E-state index in [-0.39, 0.29) is 11.5 Å².